The molecule has 0 radical (unpaired) electrons. The molecule has 1 fully saturated rings. The van der Waals surface area contributed by atoms with Gasteiger partial charge >= 0.3 is 6.36 Å². The summed E-state index contributed by atoms with van der Waals surface area (Å²) in [6.45, 7) is 0.816. The predicted molar refractivity (Wildman–Crippen MR) is 106 cm³/mol. The Labute approximate surface area is 181 Å². The summed E-state index contributed by atoms with van der Waals surface area (Å²) >= 11 is 0. The van der Waals surface area contributed by atoms with Gasteiger partial charge in [0.2, 0.25) is 0 Å². The van der Waals surface area contributed by atoms with E-state index < -0.39 is 30.4 Å². The molecule has 32 heavy (non-hydrogen) atoms. The number of carbonyl (C=O) groups excluding carboxylic acids is 2. The number of amides is 2. The van der Waals surface area contributed by atoms with Gasteiger partial charge in [-0.1, -0.05) is 24.3 Å². The number of hydrogen-bond donors (Lipinski definition) is 3. The second-order valence-corrected chi connectivity index (χ2v) is 7.22. The third-order valence-corrected chi connectivity index (χ3v) is 4.93. The zero-order valence-corrected chi connectivity index (χ0v) is 16.9. The Morgan fingerprint density at radius 3 is 2.41 bits per heavy atom. The van der Waals surface area contributed by atoms with Gasteiger partial charge in [0.1, 0.15) is 5.75 Å². The van der Waals surface area contributed by atoms with Crippen LogP contribution in [0.4, 0.5) is 13.2 Å². The van der Waals surface area contributed by atoms with Crippen molar-refractivity contribution in [3.63, 3.8) is 0 Å². The van der Waals surface area contributed by atoms with E-state index in [1.807, 2.05) is 0 Å². The topological polar surface area (TPSA) is 112 Å². The predicted octanol–water partition coefficient (Wildman–Crippen LogP) is 1.61. The van der Waals surface area contributed by atoms with Gasteiger partial charge in [-0.15, -0.1) is 13.2 Å². The van der Waals surface area contributed by atoms with Crippen molar-refractivity contribution in [2.75, 3.05) is 13.1 Å². The highest BCUT2D eigenvalue weighted by atomic mass is 19.4. The number of aromatic nitrogens is 1. The van der Waals surface area contributed by atoms with Crippen LogP contribution < -0.4 is 10.1 Å². The molecule has 0 aliphatic carbocycles. The maximum Gasteiger partial charge on any atom is 0.573 e. The summed E-state index contributed by atoms with van der Waals surface area (Å²) in [4.78, 5) is 29.7. The summed E-state index contributed by atoms with van der Waals surface area (Å²) in [7, 11) is 0. The van der Waals surface area contributed by atoms with Gasteiger partial charge in [-0.25, -0.2) is 0 Å². The second kappa shape index (κ2) is 9.96. The number of para-hydroxylation sites is 1. The molecular formula is C21H22F3N3O5. The molecule has 1 aliphatic rings. The molecule has 1 aliphatic heterocycles. The maximum atomic E-state index is 12.6. The van der Waals surface area contributed by atoms with Crippen LogP contribution >= 0.6 is 0 Å². The zero-order valence-electron chi connectivity index (χ0n) is 16.9. The number of halogens is 3. The van der Waals surface area contributed by atoms with Crippen LogP contribution in [-0.4, -0.2) is 63.6 Å². The van der Waals surface area contributed by atoms with Gasteiger partial charge in [-0.2, -0.15) is 0 Å². The average Bonchev–Trinajstić information content (AvgIpc) is 3.30. The van der Waals surface area contributed by atoms with Gasteiger partial charge in [0, 0.05) is 30.4 Å². The third kappa shape index (κ3) is 5.95. The quantitative estimate of drug-likeness (QED) is 0.587. The Balaban J connectivity index is 1.59. The molecular weight excluding hydrogens is 431 g/mol. The van der Waals surface area contributed by atoms with Crippen molar-refractivity contribution in [1.82, 2.24) is 15.2 Å². The minimum atomic E-state index is -4.84. The van der Waals surface area contributed by atoms with Crippen molar-refractivity contribution in [2.45, 2.75) is 38.0 Å². The number of hydrogen-bond acceptors (Lipinski definition) is 6. The van der Waals surface area contributed by atoms with Crippen LogP contribution in [0, 0.1) is 0 Å². The standard InChI is InChI=1S/C21H22F3N3O5/c22-21(23,24)32-16-6-2-1-5-15(16)13-7-8-14(25-11-13)12-26-19(30)17(28)18(29)20(31)27-9-3-4-10-27/h1-2,5-8,11,17-18,28-29H,3-4,9-10,12H2,(H,26,30)/t17-,18-/m1/s1. The van der Waals surface area contributed by atoms with Crippen molar-refractivity contribution in [1.29, 1.82) is 0 Å². The average molecular weight is 453 g/mol. The first-order valence-electron chi connectivity index (χ1n) is 9.88. The number of alkyl halides is 3. The zero-order chi connectivity index (χ0) is 23.3. The fraction of sp³-hybridized carbons (Fsp3) is 0.381. The fourth-order valence-electron chi connectivity index (χ4n) is 3.29. The van der Waals surface area contributed by atoms with E-state index in [0.717, 1.165) is 12.8 Å². The molecule has 8 nitrogen and oxygen atoms in total. The normalized spacial score (nSPS) is 15.8. The lowest BCUT2D eigenvalue weighted by molar-refractivity contribution is -0.274. The van der Waals surface area contributed by atoms with Gasteiger partial charge < -0.3 is 25.2 Å². The summed E-state index contributed by atoms with van der Waals surface area (Å²) in [6, 6.07) is 8.61. The Morgan fingerprint density at radius 1 is 1.09 bits per heavy atom. The van der Waals surface area contributed by atoms with E-state index in [4.69, 9.17) is 0 Å². The van der Waals surface area contributed by atoms with Crippen LogP contribution in [0.15, 0.2) is 42.6 Å². The summed E-state index contributed by atoms with van der Waals surface area (Å²) in [5, 5.41) is 22.3. The Kier molecular flexibility index (Phi) is 7.31. The fourth-order valence-corrected chi connectivity index (χ4v) is 3.29. The highest BCUT2D eigenvalue weighted by Gasteiger charge is 2.34. The number of nitrogens with one attached hydrogen (secondary N) is 1. The van der Waals surface area contributed by atoms with Gasteiger partial charge in [-0.3, -0.25) is 14.6 Å². The lowest BCUT2D eigenvalue weighted by atomic mass is 10.1. The highest BCUT2D eigenvalue weighted by molar-refractivity contribution is 5.90. The Bertz CT molecular complexity index is 946. The molecule has 172 valence electrons. The molecule has 1 saturated heterocycles. The Hall–Kier alpha value is -3.18. The molecule has 3 rings (SSSR count). The molecule has 2 aromatic rings. The van der Waals surface area contributed by atoms with Crippen LogP contribution in [-0.2, 0) is 16.1 Å². The summed E-state index contributed by atoms with van der Waals surface area (Å²) in [5.74, 6) is -2.02. The number of rotatable bonds is 7. The van der Waals surface area contributed by atoms with Gasteiger partial charge in [0.25, 0.3) is 11.8 Å². The largest absolute Gasteiger partial charge is 0.573 e. The number of likely N-dealkylation sites (tertiary alicyclic amines) is 1. The van der Waals surface area contributed by atoms with E-state index in [2.05, 4.69) is 15.0 Å². The number of aliphatic hydroxyl groups is 2. The molecule has 2 atom stereocenters. The van der Waals surface area contributed by atoms with E-state index in [0.29, 0.717) is 24.3 Å². The minimum absolute atomic E-state index is 0.124. The number of ether oxygens (including phenoxy) is 1. The smallest absolute Gasteiger partial charge is 0.405 e. The first kappa shape index (κ1) is 23.5. The van der Waals surface area contributed by atoms with Crippen molar-refractivity contribution in [3.05, 3.63) is 48.3 Å². The summed E-state index contributed by atoms with van der Waals surface area (Å²) < 4.78 is 41.8. The first-order chi connectivity index (χ1) is 15.2. The van der Waals surface area contributed by atoms with E-state index in [1.165, 1.54) is 41.4 Å². The maximum absolute atomic E-state index is 12.6. The van der Waals surface area contributed by atoms with Crippen LogP contribution in [0.3, 0.4) is 0 Å². The minimum Gasteiger partial charge on any atom is -0.405 e. The van der Waals surface area contributed by atoms with Crippen molar-refractivity contribution < 1.29 is 37.7 Å². The van der Waals surface area contributed by atoms with Gasteiger partial charge in [0.15, 0.2) is 12.2 Å². The highest BCUT2D eigenvalue weighted by Crippen LogP contribution is 2.33. The first-order valence-corrected chi connectivity index (χ1v) is 9.88. The summed E-state index contributed by atoms with van der Waals surface area (Å²) in [5.41, 5.74) is 0.905. The van der Waals surface area contributed by atoms with E-state index in [-0.39, 0.29) is 17.9 Å². The molecule has 1 aromatic heterocycles. The molecule has 0 unspecified atom stereocenters. The molecule has 1 aromatic carbocycles. The van der Waals surface area contributed by atoms with Crippen molar-refractivity contribution in [3.8, 4) is 16.9 Å². The molecule has 0 bridgehead atoms. The number of pyridine rings is 1. The molecule has 11 heteroatoms. The molecule has 2 amide bonds. The molecule has 0 saturated carbocycles. The summed E-state index contributed by atoms with van der Waals surface area (Å²) in [6.07, 6.45) is -5.72. The monoisotopic (exact) mass is 453 g/mol. The van der Waals surface area contributed by atoms with E-state index in [9.17, 15) is 33.0 Å². The molecule has 0 spiro atoms. The number of aliphatic hydroxyl groups excluding tert-OH is 2. The Morgan fingerprint density at radius 2 is 1.78 bits per heavy atom. The lowest BCUT2D eigenvalue weighted by Gasteiger charge is -2.22. The van der Waals surface area contributed by atoms with Crippen LogP contribution in [0.2, 0.25) is 0 Å². The third-order valence-electron chi connectivity index (χ3n) is 4.93. The van der Waals surface area contributed by atoms with Crippen molar-refractivity contribution >= 4 is 11.8 Å². The van der Waals surface area contributed by atoms with Crippen molar-refractivity contribution in [2.24, 2.45) is 0 Å². The molecule has 3 N–H and O–H groups in total. The van der Waals surface area contributed by atoms with E-state index >= 15 is 0 Å². The van der Waals surface area contributed by atoms with Crippen LogP contribution in [0.1, 0.15) is 18.5 Å². The van der Waals surface area contributed by atoms with E-state index in [1.54, 1.807) is 6.07 Å². The van der Waals surface area contributed by atoms with Crippen LogP contribution in [0.5, 0.6) is 5.75 Å². The van der Waals surface area contributed by atoms with Gasteiger partial charge in [-0.05, 0) is 25.0 Å². The number of carbonyl (C=O) groups is 2. The van der Waals surface area contributed by atoms with Crippen LogP contribution in [0.25, 0.3) is 11.1 Å². The number of nitrogens with zero attached hydrogens (tertiary/aromatic N) is 2. The second-order valence-electron chi connectivity index (χ2n) is 7.22. The lowest BCUT2D eigenvalue weighted by Crippen LogP contribution is -2.50. The molecule has 2 heterocycles. The van der Waals surface area contributed by atoms with Gasteiger partial charge in [0.05, 0.1) is 12.2 Å². The SMILES string of the molecule is O=C(NCc1ccc(-c2ccccc2OC(F)(F)F)cn1)[C@H](O)[C@@H](O)C(=O)N1CCCC1. The number of benzene rings is 1.